The van der Waals surface area contributed by atoms with Crippen molar-refractivity contribution in [3.63, 3.8) is 0 Å². The standard InChI is InChI=1S/C13H22N2O3S/c1-8(19(4)18)7-15-9(2)11(16)14-13(3,12(15)17)10-5-6-10/h8-10H,5-7H2,1-4H3,(H,14,16). The van der Waals surface area contributed by atoms with E-state index in [1.807, 2.05) is 13.8 Å². The summed E-state index contributed by atoms with van der Waals surface area (Å²) in [5, 5.41) is 2.76. The summed E-state index contributed by atoms with van der Waals surface area (Å²) in [7, 11) is -0.999. The normalized spacial score (nSPS) is 34.9. The highest BCUT2D eigenvalue weighted by atomic mass is 32.2. The Kier molecular flexibility index (Phi) is 3.73. The lowest BCUT2D eigenvalue weighted by Crippen LogP contribution is -2.70. The van der Waals surface area contributed by atoms with Crippen LogP contribution in [0.25, 0.3) is 0 Å². The first-order valence-corrected chi connectivity index (χ1v) is 8.34. The highest BCUT2D eigenvalue weighted by molar-refractivity contribution is 7.84. The molecule has 2 aliphatic rings. The van der Waals surface area contributed by atoms with Crippen LogP contribution >= 0.6 is 0 Å². The van der Waals surface area contributed by atoms with Gasteiger partial charge in [0.2, 0.25) is 11.8 Å². The van der Waals surface area contributed by atoms with Crippen LogP contribution in [0.2, 0.25) is 0 Å². The van der Waals surface area contributed by atoms with Gasteiger partial charge in [-0.2, -0.15) is 0 Å². The smallest absolute Gasteiger partial charge is 0.249 e. The minimum absolute atomic E-state index is 0.0283. The van der Waals surface area contributed by atoms with Crippen LogP contribution in [0.4, 0.5) is 0 Å². The van der Waals surface area contributed by atoms with Gasteiger partial charge in [-0.15, -0.1) is 0 Å². The van der Waals surface area contributed by atoms with Crippen LogP contribution in [0.15, 0.2) is 0 Å². The third kappa shape index (κ3) is 2.55. The van der Waals surface area contributed by atoms with Crippen molar-refractivity contribution in [3.8, 4) is 0 Å². The predicted octanol–water partition coefficient (Wildman–Crippen LogP) is 0.269. The number of nitrogens with one attached hydrogen (secondary N) is 1. The molecule has 1 aliphatic carbocycles. The largest absolute Gasteiger partial charge is 0.340 e. The number of nitrogens with zero attached hydrogens (tertiary/aromatic N) is 1. The highest BCUT2D eigenvalue weighted by Gasteiger charge is 2.54. The monoisotopic (exact) mass is 286 g/mol. The van der Waals surface area contributed by atoms with Gasteiger partial charge in [0.1, 0.15) is 11.6 Å². The van der Waals surface area contributed by atoms with Gasteiger partial charge in [0.25, 0.3) is 0 Å². The maximum Gasteiger partial charge on any atom is 0.249 e. The van der Waals surface area contributed by atoms with Crippen molar-refractivity contribution in [2.75, 3.05) is 12.8 Å². The minimum atomic E-state index is -0.999. The number of amides is 2. The maximum atomic E-state index is 12.7. The second-order valence-electron chi connectivity index (χ2n) is 5.91. The molecule has 0 aromatic rings. The summed E-state index contributed by atoms with van der Waals surface area (Å²) >= 11 is 0. The molecular weight excluding hydrogens is 264 g/mol. The summed E-state index contributed by atoms with van der Waals surface area (Å²) < 4.78 is 11.5. The van der Waals surface area contributed by atoms with Crippen molar-refractivity contribution >= 4 is 22.6 Å². The molecule has 2 amide bonds. The molecule has 1 N–H and O–H groups in total. The van der Waals surface area contributed by atoms with Gasteiger partial charge in [-0.25, -0.2) is 0 Å². The molecule has 0 spiro atoms. The lowest BCUT2D eigenvalue weighted by Gasteiger charge is -2.44. The van der Waals surface area contributed by atoms with Crippen LogP contribution in [0.1, 0.15) is 33.6 Å². The number of rotatable bonds is 4. The molecule has 4 atom stereocenters. The van der Waals surface area contributed by atoms with Gasteiger partial charge in [-0.3, -0.25) is 13.8 Å². The Bertz CT molecular complexity index is 436. The van der Waals surface area contributed by atoms with Crippen molar-refractivity contribution in [1.29, 1.82) is 0 Å². The lowest BCUT2D eigenvalue weighted by atomic mass is 9.89. The zero-order valence-electron chi connectivity index (χ0n) is 11.9. The van der Waals surface area contributed by atoms with Gasteiger partial charge in [-0.05, 0) is 39.5 Å². The molecule has 1 saturated heterocycles. The van der Waals surface area contributed by atoms with Crippen LogP contribution in [0, 0.1) is 5.92 Å². The molecule has 108 valence electrons. The number of hydrogen-bond acceptors (Lipinski definition) is 3. The van der Waals surface area contributed by atoms with Gasteiger partial charge in [0.05, 0.1) is 0 Å². The first kappa shape index (κ1) is 14.5. The fourth-order valence-corrected chi connectivity index (χ4v) is 2.96. The Balaban J connectivity index is 2.21. The summed E-state index contributed by atoms with van der Waals surface area (Å²) in [6, 6.07) is -0.481. The third-order valence-electron chi connectivity index (χ3n) is 4.35. The maximum absolute atomic E-state index is 12.7. The first-order valence-electron chi connectivity index (χ1n) is 6.72. The zero-order chi connectivity index (χ0) is 14.4. The van der Waals surface area contributed by atoms with E-state index in [1.54, 1.807) is 18.1 Å². The Hall–Kier alpha value is -0.910. The number of carbonyl (C=O) groups excluding carboxylic acids is 2. The third-order valence-corrected chi connectivity index (χ3v) is 5.63. The van der Waals surface area contributed by atoms with Crippen LogP contribution < -0.4 is 5.32 Å². The van der Waals surface area contributed by atoms with E-state index in [-0.39, 0.29) is 23.0 Å². The molecule has 19 heavy (non-hydrogen) atoms. The van der Waals surface area contributed by atoms with E-state index in [0.717, 1.165) is 12.8 Å². The van der Waals surface area contributed by atoms with Gasteiger partial charge < -0.3 is 10.2 Å². The Morgan fingerprint density at radius 1 is 1.47 bits per heavy atom. The van der Waals surface area contributed by atoms with E-state index >= 15 is 0 Å². The second-order valence-corrected chi connectivity index (χ2v) is 7.71. The van der Waals surface area contributed by atoms with Crippen LogP contribution in [-0.4, -0.2) is 50.6 Å². The van der Waals surface area contributed by atoms with E-state index in [2.05, 4.69) is 5.32 Å². The lowest BCUT2D eigenvalue weighted by molar-refractivity contribution is -0.154. The van der Waals surface area contributed by atoms with Crippen LogP contribution in [0.5, 0.6) is 0 Å². The molecular formula is C13H22N2O3S. The van der Waals surface area contributed by atoms with Crippen molar-refractivity contribution < 1.29 is 13.8 Å². The van der Waals surface area contributed by atoms with Crippen LogP contribution in [-0.2, 0) is 20.4 Å². The zero-order valence-corrected chi connectivity index (χ0v) is 12.8. The summed E-state index contributed by atoms with van der Waals surface area (Å²) in [4.78, 5) is 26.3. The molecule has 5 nitrogen and oxygen atoms in total. The highest BCUT2D eigenvalue weighted by Crippen LogP contribution is 2.42. The second kappa shape index (κ2) is 4.89. The minimum Gasteiger partial charge on any atom is -0.340 e. The van der Waals surface area contributed by atoms with Crippen LogP contribution in [0.3, 0.4) is 0 Å². The molecule has 1 saturated carbocycles. The average molecular weight is 286 g/mol. The molecule has 2 fully saturated rings. The van der Waals surface area contributed by atoms with E-state index < -0.39 is 22.4 Å². The van der Waals surface area contributed by atoms with E-state index in [9.17, 15) is 13.8 Å². The molecule has 1 aliphatic heterocycles. The van der Waals surface area contributed by atoms with E-state index in [4.69, 9.17) is 0 Å². The van der Waals surface area contributed by atoms with Crippen molar-refractivity contribution in [2.24, 2.45) is 5.92 Å². The van der Waals surface area contributed by atoms with Gasteiger partial charge in [0, 0.05) is 28.9 Å². The molecule has 0 bridgehead atoms. The van der Waals surface area contributed by atoms with Crippen molar-refractivity contribution in [1.82, 2.24) is 10.2 Å². The average Bonchev–Trinajstić information content (AvgIpc) is 3.16. The summed E-state index contributed by atoms with van der Waals surface area (Å²) in [6.45, 7) is 5.76. The number of carbonyl (C=O) groups is 2. The van der Waals surface area contributed by atoms with Gasteiger partial charge >= 0.3 is 0 Å². The van der Waals surface area contributed by atoms with E-state index in [0.29, 0.717) is 6.54 Å². The predicted molar refractivity (Wildman–Crippen MR) is 74.0 cm³/mol. The van der Waals surface area contributed by atoms with Crippen molar-refractivity contribution in [3.05, 3.63) is 0 Å². The molecule has 4 unspecified atom stereocenters. The number of piperazine rings is 1. The van der Waals surface area contributed by atoms with Crippen molar-refractivity contribution in [2.45, 2.75) is 50.4 Å². The molecule has 0 radical (unpaired) electrons. The molecule has 1 heterocycles. The fraction of sp³-hybridized carbons (Fsp3) is 0.846. The summed E-state index contributed by atoms with van der Waals surface area (Å²) in [5.41, 5.74) is -0.765. The Labute approximate surface area is 116 Å². The van der Waals surface area contributed by atoms with E-state index in [1.165, 1.54) is 0 Å². The quantitative estimate of drug-likeness (QED) is 0.806. The summed E-state index contributed by atoms with van der Waals surface area (Å²) in [6.07, 6.45) is 3.60. The molecule has 0 aromatic carbocycles. The molecule has 0 aromatic heterocycles. The topological polar surface area (TPSA) is 66.5 Å². The van der Waals surface area contributed by atoms with Gasteiger partial charge in [0.15, 0.2) is 0 Å². The Morgan fingerprint density at radius 3 is 2.53 bits per heavy atom. The molecule has 2 rings (SSSR count). The number of hydrogen-bond donors (Lipinski definition) is 1. The van der Waals surface area contributed by atoms with Gasteiger partial charge in [-0.1, -0.05) is 0 Å². The first-order chi connectivity index (χ1) is 8.77. The SMILES string of the molecule is CC1C(=O)NC(C)(C2CC2)C(=O)N1CC(C)S(C)=O. The summed E-state index contributed by atoms with van der Waals surface area (Å²) in [5.74, 6) is 0.115. The fourth-order valence-electron chi connectivity index (χ4n) is 2.59. The molecule has 6 heteroatoms. The Morgan fingerprint density at radius 2 is 2.05 bits per heavy atom.